The molecular formula is C13H18ClN3O. The van der Waals surface area contributed by atoms with Crippen LogP contribution in [-0.4, -0.2) is 34.9 Å². The van der Waals surface area contributed by atoms with Crippen LogP contribution in [0.5, 0.6) is 0 Å². The first-order chi connectivity index (χ1) is 8.74. The van der Waals surface area contributed by atoms with E-state index in [1.807, 2.05) is 4.90 Å². The van der Waals surface area contributed by atoms with Crippen LogP contribution < -0.4 is 5.73 Å². The lowest BCUT2D eigenvalue weighted by Gasteiger charge is -2.35. The number of nitrogens with two attached hydrogens (primary N) is 1. The van der Waals surface area contributed by atoms with Gasteiger partial charge in [-0.25, -0.2) is 0 Å². The van der Waals surface area contributed by atoms with Gasteiger partial charge in [0.1, 0.15) is 0 Å². The van der Waals surface area contributed by atoms with E-state index in [0.29, 0.717) is 17.1 Å². The van der Waals surface area contributed by atoms with Gasteiger partial charge in [0.05, 0.1) is 10.6 Å². The highest BCUT2D eigenvalue weighted by Crippen LogP contribution is 2.24. The fourth-order valence-electron chi connectivity index (χ4n) is 2.46. The Morgan fingerprint density at radius 2 is 2.39 bits per heavy atom. The molecule has 1 fully saturated rings. The van der Waals surface area contributed by atoms with E-state index >= 15 is 0 Å². The number of aromatic nitrogens is 1. The van der Waals surface area contributed by atoms with E-state index < -0.39 is 0 Å². The maximum atomic E-state index is 12.5. The highest BCUT2D eigenvalue weighted by Gasteiger charge is 2.27. The van der Waals surface area contributed by atoms with E-state index in [-0.39, 0.29) is 11.9 Å². The Hall–Kier alpha value is -1.13. The molecule has 1 aliphatic rings. The first-order valence-corrected chi connectivity index (χ1v) is 6.72. The number of amides is 1. The summed E-state index contributed by atoms with van der Waals surface area (Å²) in [7, 11) is 0. The molecule has 18 heavy (non-hydrogen) atoms. The van der Waals surface area contributed by atoms with Crippen molar-refractivity contribution in [3.8, 4) is 0 Å². The van der Waals surface area contributed by atoms with Gasteiger partial charge in [0.25, 0.3) is 5.91 Å². The molecule has 1 saturated heterocycles. The lowest BCUT2D eigenvalue weighted by molar-refractivity contribution is 0.0605. The molecule has 2 rings (SSSR count). The van der Waals surface area contributed by atoms with Crippen molar-refractivity contribution < 1.29 is 4.79 Å². The van der Waals surface area contributed by atoms with Crippen LogP contribution in [0.3, 0.4) is 0 Å². The van der Waals surface area contributed by atoms with E-state index in [0.717, 1.165) is 25.8 Å². The maximum Gasteiger partial charge on any atom is 0.255 e. The summed E-state index contributed by atoms with van der Waals surface area (Å²) in [6.07, 6.45) is 7.21. The molecule has 98 valence electrons. The summed E-state index contributed by atoms with van der Waals surface area (Å²) in [6, 6.07) is 1.93. The lowest BCUT2D eigenvalue weighted by Crippen LogP contribution is -2.44. The molecule has 5 heteroatoms. The van der Waals surface area contributed by atoms with Crippen molar-refractivity contribution in [3.05, 3.63) is 29.0 Å². The van der Waals surface area contributed by atoms with Gasteiger partial charge >= 0.3 is 0 Å². The largest absolute Gasteiger partial charge is 0.336 e. The van der Waals surface area contributed by atoms with E-state index in [2.05, 4.69) is 4.98 Å². The topological polar surface area (TPSA) is 59.2 Å². The Morgan fingerprint density at radius 3 is 3.11 bits per heavy atom. The summed E-state index contributed by atoms with van der Waals surface area (Å²) in [5.41, 5.74) is 6.15. The fraction of sp³-hybridized carbons (Fsp3) is 0.538. The number of hydrogen-bond acceptors (Lipinski definition) is 3. The number of carbonyl (C=O) groups is 1. The average Bonchev–Trinajstić information content (AvgIpc) is 2.40. The van der Waals surface area contributed by atoms with Crippen molar-refractivity contribution in [3.63, 3.8) is 0 Å². The lowest BCUT2D eigenvalue weighted by atomic mass is 9.98. The number of rotatable bonds is 3. The second kappa shape index (κ2) is 6.16. The van der Waals surface area contributed by atoms with Crippen molar-refractivity contribution in [2.24, 2.45) is 5.73 Å². The van der Waals surface area contributed by atoms with Crippen molar-refractivity contribution in [1.82, 2.24) is 9.88 Å². The van der Waals surface area contributed by atoms with E-state index in [1.54, 1.807) is 12.3 Å². The van der Waals surface area contributed by atoms with E-state index in [4.69, 9.17) is 17.3 Å². The first kappa shape index (κ1) is 13.3. The molecule has 1 aromatic rings. The molecule has 1 unspecified atom stereocenters. The zero-order chi connectivity index (χ0) is 13.0. The monoisotopic (exact) mass is 267 g/mol. The molecule has 2 N–H and O–H groups in total. The average molecular weight is 268 g/mol. The minimum atomic E-state index is 0.000509. The van der Waals surface area contributed by atoms with E-state index in [9.17, 15) is 4.79 Å². The third kappa shape index (κ3) is 2.82. The van der Waals surface area contributed by atoms with Gasteiger partial charge in [-0.2, -0.15) is 0 Å². The predicted octanol–water partition coefficient (Wildman–Crippen LogP) is 2.08. The minimum absolute atomic E-state index is 0.000509. The summed E-state index contributed by atoms with van der Waals surface area (Å²) in [5, 5.41) is 0.416. The summed E-state index contributed by atoms with van der Waals surface area (Å²) >= 11 is 6.03. The zero-order valence-corrected chi connectivity index (χ0v) is 11.1. The van der Waals surface area contributed by atoms with Crippen molar-refractivity contribution >= 4 is 17.5 Å². The van der Waals surface area contributed by atoms with Crippen molar-refractivity contribution in [2.45, 2.75) is 31.7 Å². The van der Waals surface area contributed by atoms with Gasteiger partial charge in [-0.05, 0) is 38.3 Å². The molecule has 1 aromatic heterocycles. The molecular weight excluding hydrogens is 250 g/mol. The number of likely N-dealkylation sites (tertiary alicyclic amines) is 1. The van der Waals surface area contributed by atoms with E-state index in [1.165, 1.54) is 12.6 Å². The molecule has 0 saturated carbocycles. The second-order valence-corrected chi connectivity index (χ2v) is 4.99. The van der Waals surface area contributed by atoms with Crippen LogP contribution in [0.15, 0.2) is 18.5 Å². The Kier molecular flexibility index (Phi) is 4.55. The van der Waals surface area contributed by atoms with Crippen LogP contribution >= 0.6 is 11.6 Å². The number of carbonyl (C=O) groups excluding carboxylic acids is 1. The van der Waals surface area contributed by atoms with Gasteiger partial charge in [0.15, 0.2) is 0 Å². The molecule has 1 atom stereocenters. The molecule has 1 aliphatic heterocycles. The molecule has 0 radical (unpaired) electrons. The normalized spacial score (nSPS) is 19.9. The Bertz CT molecular complexity index is 422. The Labute approximate surface area is 112 Å². The fourth-order valence-corrected chi connectivity index (χ4v) is 2.66. The highest BCUT2D eigenvalue weighted by atomic mass is 35.5. The molecule has 1 amide bonds. The zero-order valence-electron chi connectivity index (χ0n) is 10.3. The maximum absolute atomic E-state index is 12.5. The second-order valence-electron chi connectivity index (χ2n) is 4.58. The van der Waals surface area contributed by atoms with Crippen molar-refractivity contribution in [2.75, 3.05) is 13.1 Å². The number of piperidine rings is 1. The number of pyridine rings is 1. The van der Waals surface area contributed by atoms with Crippen LogP contribution in [0.2, 0.25) is 5.02 Å². The number of halogens is 1. The first-order valence-electron chi connectivity index (χ1n) is 6.34. The minimum Gasteiger partial charge on any atom is -0.336 e. The number of nitrogens with zero attached hydrogens (tertiary/aromatic N) is 2. The molecule has 0 spiro atoms. The van der Waals surface area contributed by atoms with Crippen molar-refractivity contribution in [1.29, 1.82) is 0 Å². The predicted molar refractivity (Wildman–Crippen MR) is 71.6 cm³/mol. The van der Waals surface area contributed by atoms with Crippen LogP contribution in [-0.2, 0) is 0 Å². The summed E-state index contributed by atoms with van der Waals surface area (Å²) in [6.45, 7) is 1.40. The molecule has 0 bridgehead atoms. The summed E-state index contributed by atoms with van der Waals surface area (Å²) in [4.78, 5) is 18.3. The van der Waals surface area contributed by atoms with Gasteiger partial charge in [-0.1, -0.05) is 11.6 Å². The van der Waals surface area contributed by atoms with Gasteiger partial charge in [0, 0.05) is 25.0 Å². The standard InChI is InChI=1S/C13H18ClN3O/c14-12-9-16-7-5-11(12)13(18)17-8-2-1-3-10(17)4-6-15/h5,7,9-10H,1-4,6,8,15H2. The number of hydrogen-bond donors (Lipinski definition) is 1. The molecule has 4 nitrogen and oxygen atoms in total. The van der Waals surface area contributed by atoms with Crippen LogP contribution in [0.1, 0.15) is 36.0 Å². The molecule has 2 heterocycles. The molecule has 0 aliphatic carbocycles. The van der Waals surface area contributed by atoms with Crippen LogP contribution in [0.25, 0.3) is 0 Å². The third-order valence-corrected chi connectivity index (χ3v) is 3.69. The smallest absolute Gasteiger partial charge is 0.255 e. The molecule has 0 aromatic carbocycles. The Morgan fingerprint density at radius 1 is 1.56 bits per heavy atom. The van der Waals surface area contributed by atoms with Gasteiger partial charge in [-0.3, -0.25) is 9.78 Å². The van der Waals surface area contributed by atoms with Gasteiger partial charge in [0.2, 0.25) is 0 Å². The quantitative estimate of drug-likeness (QED) is 0.912. The highest BCUT2D eigenvalue weighted by molar-refractivity contribution is 6.33. The summed E-state index contributed by atoms with van der Waals surface area (Å²) < 4.78 is 0. The Balaban J connectivity index is 2.18. The van der Waals surface area contributed by atoms with Crippen LogP contribution in [0, 0.1) is 0 Å². The SMILES string of the molecule is NCCC1CCCCN1C(=O)c1ccncc1Cl. The van der Waals surface area contributed by atoms with Gasteiger partial charge < -0.3 is 10.6 Å². The van der Waals surface area contributed by atoms with Crippen LogP contribution in [0.4, 0.5) is 0 Å². The third-order valence-electron chi connectivity index (χ3n) is 3.39. The summed E-state index contributed by atoms with van der Waals surface area (Å²) in [5.74, 6) is 0.000509. The van der Waals surface area contributed by atoms with Gasteiger partial charge in [-0.15, -0.1) is 0 Å².